The van der Waals surface area contributed by atoms with Gasteiger partial charge in [0.2, 0.25) is 5.88 Å². The Morgan fingerprint density at radius 2 is 1.76 bits per heavy atom. The third kappa shape index (κ3) is 8.24. The highest BCUT2D eigenvalue weighted by molar-refractivity contribution is 5.94. The molecule has 0 saturated heterocycles. The number of halogens is 2. The Morgan fingerprint density at radius 1 is 0.959 bits per heavy atom. The second-order valence-electron chi connectivity index (χ2n) is 10.9. The molecule has 5 aromatic rings. The molecule has 0 radical (unpaired) electrons. The average molecular weight is 670 g/mol. The van der Waals surface area contributed by atoms with Gasteiger partial charge in [-0.3, -0.25) is 4.79 Å². The second-order valence-corrected chi connectivity index (χ2v) is 10.9. The Hall–Kier alpha value is -5.71. The van der Waals surface area contributed by atoms with Crippen molar-refractivity contribution in [1.82, 2.24) is 19.9 Å². The molecule has 3 aromatic carbocycles. The summed E-state index contributed by atoms with van der Waals surface area (Å²) < 4.78 is 52.8. The van der Waals surface area contributed by atoms with Gasteiger partial charge in [-0.1, -0.05) is 24.3 Å². The zero-order valence-corrected chi connectivity index (χ0v) is 27.0. The number of hydrogen-bond acceptors (Lipinski definition) is 9. The Balaban J connectivity index is 1.40. The molecular weight excluding hydrogens is 636 g/mol. The Bertz CT molecular complexity index is 2030. The molecule has 0 aliphatic rings. The Morgan fingerprint density at radius 3 is 2.47 bits per heavy atom. The topological polar surface area (TPSA) is 138 Å². The molecule has 0 spiro atoms. The SMILES string of the molecule is COCCNC(=O)[C@H](Cn1c(Cc2ccc(-c3cccc(OCc4ccc(C#N)cc4F)n3)cc2F)nc2ccc(C(=O)OC)cc21)OC. The van der Waals surface area contributed by atoms with Crippen molar-refractivity contribution in [1.29, 1.82) is 5.26 Å². The maximum Gasteiger partial charge on any atom is 0.337 e. The van der Waals surface area contributed by atoms with Crippen molar-refractivity contribution < 1.29 is 37.3 Å². The number of ether oxygens (including phenoxy) is 4. The van der Waals surface area contributed by atoms with Crippen molar-refractivity contribution in [3.05, 3.63) is 113 Å². The molecule has 1 atom stereocenters. The van der Waals surface area contributed by atoms with E-state index in [9.17, 15) is 14.0 Å². The van der Waals surface area contributed by atoms with Crippen molar-refractivity contribution in [3.8, 4) is 23.2 Å². The average Bonchev–Trinajstić information content (AvgIpc) is 3.46. The molecule has 1 amide bonds. The molecule has 252 valence electrons. The van der Waals surface area contributed by atoms with Crippen LogP contribution < -0.4 is 10.1 Å². The van der Waals surface area contributed by atoms with E-state index in [1.54, 1.807) is 53.1 Å². The number of carbonyl (C=O) groups excluding carboxylic acids is 2. The molecule has 0 saturated carbocycles. The number of nitrogens with zero attached hydrogens (tertiary/aromatic N) is 4. The largest absolute Gasteiger partial charge is 0.473 e. The summed E-state index contributed by atoms with van der Waals surface area (Å²) in [4.78, 5) is 34.4. The summed E-state index contributed by atoms with van der Waals surface area (Å²) in [5, 5.41) is 11.7. The van der Waals surface area contributed by atoms with E-state index in [1.165, 1.54) is 39.5 Å². The third-order valence-corrected chi connectivity index (χ3v) is 7.76. The Labute approximate surface area is 281 Å². The number of aromatic nitrogens is 3. The predicted octanol–water partition coefficient (Wildman–Crippen LogP) is 4.98. The summed E-state index contributed by atoms with van der Waals surface area (Å²) in [6, 6.07) is 20.6. The number of imidazole rings is 1. The lowest BCUT2D eigenvalue weighted by Crippen LogP contribution is -2.40. The molecular formula is C36H33F2N5O6. The molecule has 0 bridgehead atoms. The number of methoxy groups -OCH3 is 3. The summed E-state index contributed by atoms with van der Waals surface area (Å²) in [5.41, 5.74) is 3.09. The number of pyridine rings is 1. The number of benzene rings is 3. The van der Waals surface area contributed by atoms with Gasteiger partial charge < -0.3 is 28.8 Å². The molecule has 2 aromatic heterocycles. The lowest BCUT2D eigenvalue weighted by molar-refractivity contribution is -0.131. The van der Waals surface area contributed by atoms with Crippen molar-refractivity contribution in [2.75, 3.05) is 34.5 Å². The minimum Gasteiger partial charge on any atom is -0.473 e. The van der Waals surface area contributed by atoms with Crippen molar-refractivity contribution in [2.24, 2.45) is 0 Å². The highest BCUT2D eigenvalue weighted by Gasteiger charge is 2.23. The van der Waals surface area contributed by atoms with Crippen LogP contribution in [0.5, 0.6) is 5.88 Å². The van der Waals surface area contributed by atoms with E-state index in [0.717, 1.165) is 6.07 Å². The van der Waals surface area contributed by atoms with Gasteiger partial charge in [-0.15, -0.1) is 0 Å². The number of amides is 1. The van der Waals surface area contributed by atoms with Gasteiger partial charge in [0.25, 0.3) is 5.91 Å². The fourth-order valence-corrected chi connectivity index (χ4v) is 5.14. The van der Waals surface area contributed by atoms with Gasteiger partial charge in [0, 0.05) is 44.4 Å². The molecule has 2 heterocycles. The first-order valence-electron chi connectivity index (χ1n) is 15.2. The number of fused-ring (bicyclic) bond motifs is 1. The second kappa shape index (κ2) is 15.9. The maximum atomic E-state index is 15.7. The standard InChI is InChI=1S/C36H33F2N5O6/c1-46-14-13-40-35(44)32(47-2)20-43-31-17-25(36(45)48-3)11-12-30(31)41-33(43)18-23-9-10-24(16-28(23)38)29-5-4-6-34(42-29)49-21-26-8-7-22(19-39)15-27(26)37/h4-12,15-17,32H,13-14,18,20-21H2,1-3H3,(H,40,44)/t32-/m0/s1. The number of hydrogen-bond donors (Lipinski definition) is 1. The van der Waals surface area contributed by atoms with Gasteiger partial charge in [-0.25, -0.2) is 23.5 Å². The van der Waals surface area contributed by atoms with Gasteiger partial charge in [-0.2, -0.15) is 5.26 Å². The minimum atomic E-state index is -0.920. The number of nitriles is 1. The van der Waals surface area contributed by atoms with E-state index in [2.05, 4.69) is 10.3 Å². The van der Waals surface area contributed by atoms with Crippen molar-refractivity contribution >= 4 is 22.9 Å². The van der Waals surface area contributed by atoms with E-state index in [-0.39, 0.29) is 54.6 Å². The smallest absolute Gasteiger partial charge is 0.337 e. The summed E-state index contributed by atoms with van der Waals surface area (Å²) in [7, 11) is 4.22. The summed E-state index contributed by atoms with van der Waals surface area (Å²) >= 11 is 0. The van der Waals surface area contributed by atoms with Gasteiger partial charge >= 0.3 is 5.97 Å². The molecule has 0 unspecified atom stereocenters. The van der Waals surface area contributed by atoms with E-state index in [4.69, 9.17) is 29.2 Å². The maximum absolute atomic E-state index is 15.7. The summed E-state index contributed by atoms with van der Waals surface area (Å²) in [6.45, 7) is 0.539. The highest BCUT2D eigenvalue weighted by Crippen LogP contribution is 2.26. The minimum absolute atomic E-state index is 0.0363. The molecule has 1 N–H and O–H groups in total. The first kappa shape index (κ1) is 34.6. The van der Waals surface area contributed by atoms with Gasteiger partial charge in [0.1, 0.15) is 24.1 Å². The summed E-state index contributed by atoms with van der Waals surface area (Å²) in [6.07, 6.45) is -0.862. The van der Waals surface area contributed by atoms with E-state index >= 15 is 4.39 Å². The fourth-order valence-electron chi connectivity index (χ4n) is 5.14. The van der Waals surface area contributed by atoms with E-state index in [1.807, 2.05) is 6.07 Å². The van der Waals surface area contributed by atoms with Gasteiger partial charge in [-0.05, 0) is 48.0 Å². The van der Waals surface area contributed by atoms with Gasteiger partial charge in [0.05, 0.1) is 54.2 Å². The van der Waals surface area contributed by atoms with Crippen LogP contribution in [0.25, 0.3) is 22.3 Å². The quantitative estimate of drug-likeness (QED) is 0.128. The first-order chi connectivity index (χ1) is 23.7. The third-order valence-electron chi connectivity index (χ3n) is 7.76. The van der Waals surface area contributed by atoms with Crippen LogP contribution in [0.4, 0.5) is 8.78 Å². The number of rotatable bonds is 14. The molecule has 5 rings (SSSR count). The first-order valence-corrected chi connectivity index (χ1v) is 15.2. The number of esters is 1. The molecule has 0 fully saturated rings. The lowest BCUT2D eigenvalue weighted by Gasteiger charge is -2.18. The lowest BCUT2D eigenvalue weighted by atomic mass is 10.1. The molecule has 13 heteroatoms. The Kier molecular flexibility index (Phi) is 11.3. The monoisotopic (exact) mass is 669 g/mol. The van der Waals surface area contributed by atoms with Crippen LogP contribution in [0.3, 0.4) is 0 Å². The van der Waals surface area contributed by atoms with Crippen molar-refractivity contribution in [3.63, 3.8) is 0 Å². The number of carbonyl (C=O) groups is 2. The van der Waals surface area contributed by atoms with Crippen LogP contribution in [0, 0.1) is 23.0 Å². The number of nitrogens with one attached hydrogen (secondary N) is 1. The predicted molar refractivity (Wildman–Crippen MR) is 175 cm³/mol. The van der Waals surface area contributed by atoms with Crippen LogP contribution in [0.2, 0.25) is 0 Å². The summed E-state index contributed by atoms with van der Waals surface area (Å²) in [5.74, 6) is -1.33. The molecule has 11 nitrogen and oxygen atoms in total. The fraction of sp³-hybridized carbons (Fsp3) is 0.250. The zero-order chi connectivity index (χ0) is 34.9. The normalized spacial score (nSPS) is 11.6. The van der Waals surface area contributed by atoms with Gasteiger partial charge in [0.15, 0.2) is 6.10 Å². The molecule has 0 aliphatic carbocycles. The molecule has 0 aliphatic heterocycles. The van der Waals surface area contributed by atoms with E-state index in [0.29, 0.717) is 40.3 Å². The van der Waals surface area contributed by atoms with Crippen LogP contribution in [0.15, 0.2) is 72.8 Å². The molecule has 49 heavy (non-hydrogen) atoms. The van der Waals surface area contributed by atoms with Crippen LogP contribution >= 0.6 is 0 Å². The van der Waals surface area contributed by atoms with Crippen LogP contribution in [-0.4, -0.2) is 67.0 Å². The zero-order valence-electron chi connectivity index (χ0n) is 27.0. The van der Waals surface area contributed by atoms with E-state index < -0.39 is 23.7 Å². The highest BCUT2D eigenvalue weighted by atomic mass is 19.1. The van der Waals surface area contributed by atoms with Crippen LogP contribution in [0.1, 0.15) is 32.9 Å². The van der Waals surface area contributed by atoms with Crippen molar-refractivity contribution in [2.45, 2.75) is 25.7 Å². The van der Waals surface area contributed by atoms with Crippen LogP contribution in [-0.2, 0) is 38.6 Å².